The van der Waals surface area contributed by atoms with Crippen LogP contribution in [-0.4, -0.2) is 28.9 Å². The topological polar surface area (TPSA) is 80.7 Å². The number of allylic oxidation sites excluding steroid dienone is 1. The van der Waals surface area contributed by atoms with Gasteiger partial charge in [-0.15, -0.1) is 0 Å². The molecule has 0 bridgehead atoms. The van der Waals surface area contributed by atoms with Crippen LogP contribution in [-0.2, 0) is 19.1 Å². The standard InChI is InChI=1S/C10H12O5/c1-2-7(10(13)14)8-5-6(11)3-4-9(12)15-8/h2,8H,3-5H2,1H3,(H,13,14). The lowest BCUT2D eigenvalue weighted by atomic mass is 10.0. The fraction of sp³-hybridized carbons (Fsp3) is 0.500. The van der Waals surface area contributed by atoms with E-state index in [1.165, 1.54) is 13.0 Å². The largest absolute Gasteiger partial charge is 0.478 e. The summed E-state index contributed by atoms with van der Waals surface area (Å²) in [6.07, 6.45) is 0.532. The minimum atomic E-state index is -1.16. The van der Waals surface area contributed by atoms with Crippen molar-refractivity contribution in [2.75, 3.05) is 0 Å². The van der Waals surface area contributed by atoms with Gasteiger partial charge in [-0.25, -0.2) is 4.79 Å². The van der Waals surface area contributed by atoms with E-state index in [4.69, 9.17) is 9.84 Å². The number of hydrogen-bond acceptors (Lipinski definition) is 4. The average molecular weight is 212 g/mol. The van der Waals surface area contributed by atoms with Gasteiger partial charge in [-0.3, -0.25) is 9.59 Å². The Balaban J connectivity index is 2.87. The molecule has 0 saturated carbocycles. The lowest BCUT2D eigenvalue weighted by Gasteiger charge is -2.14. The first-order valence-electron chi connectivity index (χ1n) is 4.65. The highest BCUT2D eigenvalue weighted by atomic mass is 16.5. The molecule has 0 spiro atoms. The Kier molecular flexibility index (Phi) is 3.60. The van der Waals surface area contributed by atoms with Crippen LogP contribution < -0.4 is 0 Å². The van der Waals surface area contributed by atoms with Gasteiger partial charge in [0.15, 0.2) is 0 Å². The highest BCUT2D eigenvalue weighted by molar-refractivity contribution is 5.92. The summed E-state index contributed by atoms with van der Waals surface area (Å²) < 4.78 is 4.89. The SMILES string of the molecule is CC=C(C(=O)O)C1CC(=O)CCC(=O)O1. The molecule has 1 aliphatic heterocycles. The second kappa shape index (κ2) is 4.72. The molecule has 15 heavy (non-hydrogen) atoms. The van der Waals surface area contributed by atoms with Crippen molar-refractivity contribution in [3.8, 4) is 0 Å². The van der Waals surface area contributed by atoms with Crippen LogP contribution in [0, 0.1) is 0 Å². The molecule has 5 heteroatoms. The Morgan fingerprint density at radius 1 is 1.47 bits per heavy atom. The zero-order valence-corrected chi connectivity index (χ0v) is 8.36. The highest BCUT2D eigenvalue weighted by Crippen LogP contribution is 2.18. The Morgan fingerprint density at radius 3 is 2.67 bits per heavy atom. The van der Waals surface area contributed by atoms with E-state index in [1.54, 1.807) is 0 Å². The number of cyclic esters (lactones) is 1. The van der Waals surface area contributed by atoms with Gasteiger partial charge < -0.3 is 9.84 Å². The number of carbonyl (C=O) groups is 3. The summed E-state index contributed by atoms with van der Waals surface area (Å²) in [7, 11) is 0. The number of ketones is 1. The summed E-state index contributed by atoms with van der Waals surface area (Å²) >= 11 is 0. The smallest absolute Gasteiger partial charge is 0.335 e. The normalized spacial score (nSPS) is 23.3. The predicted octanol–water partition coefficient (Wildman–Crippen LogP) is 0.682. The first-order valence-corrected chi connectivity index (χ1v) is 4.65. The molecule has 1 heterocycles. The molecule has 1 fully saturated rings. The van der Waals surface area contributed by atoms with Crippen molar-refractivity contribution in [2.24, 2.45) is 0 Å². The second-order valence-corrected chi connectivity index (χ2v) is 3.27. The number of carbonyl (C=O) groups excluding carboxylic acids is 2. The van der Waals surface area contributed by atoms with E-state index < -0.39 is 18.0 Å². The van der Waals surface area contributed by atoms with Crippen molar-refractivity contribution in [2.45, 2.75) is 32.3 Å². The predicted molar refractivity (Wildman–Crippen MR) is 50.1 cm³/mol. The molecule has 0 aromatic heterocycles. The van der Waals surface area contributed by atoms with Crippen molar-refractivity contribution in [3.63, 3.8) is 0 Å². The third-order valence-corrected chi connectivity index (χ3v) is 2.20. The summed E-state index contributed by atoms with van der Waals surface area (Å²) in [4.78, 5) is 33.1. The van der Waals surface area contributed by atoms with Crippen LogP contribution in [0.1, 0.15) is 26.2 Å². The van der Waals surface area contributed by atoms with E-state index in [-0.39, 0.29) is 30.6 Å². The van der Waals surface area contributed by atoms with Crippen molar-refractivity contribution >= 4 is 17.7 Å². The summed E-state index contributed by atoms with van der Waals surface area (Å²) in [5.41, 5.74) is -0.0430. The summed E-state index contributed by atoms with van der Waals surface area (Å²) in [5, 5.41) is 8.82. The summed E-state index contributed by atoms with van der Waals surface area (Å²) in [5.74, 6) is -1.83. The Bertz CT molecular complexity index is 311. The molecule has 1 rings (SSSR count). The molecular formula is C10H12O5. The van der Waals surface area contributed by atoms with Crippen LogP contribution in [0.2, 0.25) is 0 Å². The quantitative estimate of drug-likeness (QED) is 0.537. The van der Waals surface area contributed by atoms with E-state index in [9.17, 15) is 14.4 Å². The zero-order chi connectivity index (χ0) is 11.4. The fourth-order valence-corrected chi connectivity index (χ4v) is 1.43. The fourth-order valence-electron chi connectivity index (χ4n) is 1.43. The maximum atomic E-state index is 11.2. The van der Waals surface area contributed by atoms with Crippen LogP contribution in [0.5, 0.6) is 0 Å². The first kappa shape index (κ1) is 11.4. The lowest BCUT2D eigenvalue weighted by molar-refractivity contribution is -0.147. The number of ether oxygens (including phenoxy) is 1. The Hall–Kier alpha value is -1.65. The summed E-state index contributed by atoms with van der Waals surface area (Å²) in [6.45, 7) is 1.53. The molecule has 1 unspecified atom stereocenters. The zero-order valence-electron chi connectivity index (χ0n) is 8.36. The monoisotopic (exact) mass is 212 g/mol. The molecule has 0 aliphatic carbocycles. The van der Waals surface area contributed by atoms with E-state index >= 15 is 0 Å². The molecule has 1 N–H and O–H groups in total. The Labute approximate surface area is 86.7 Å². The van der Waals surface area contributed by atoms with E-state index in [0.717, 1.165) is 0 Å². The van der Waals surface area contributed by atoms with Crippen molar-refractivity contribution in [3.05, 3.63) is 11.6 Å². The van der Waals surface area contributed by atoms with Crippen LogP contribution >= 0.6 is 0 Å². The maximum absolute atomic E-state index is 11.2. The number of aliphatic carboxylic acids is 1. The van der Waals surface area contributed by atoms with Gasteiger partial charge >= 0.3 is 11.9 Å². The van der Waals surface area contributed by atoms with Gasteiger partial charge in [-0.05, 0) is 6.92 Å². The van der Waals surface area contributed by atoms with Gasteiger partial charge in [0.05, 0.1) is 12.0 Å². The van der Waals surface area contributed by atoms with E-state index in [0.29, 0.717) is 0 Å². The number of Topliss-reactive ketones (excluding diaryl/α,β-unsaturated/α-hetero) is 1. The Morgan fingerprint density at radius 2 is 2.13 bits per heavy atom. The molecule has 1 aliphatic rings. The third-order valence-electron chi connectivity index (χ3n) is 2.20. The maximum Gasteiger partial charge on any atom is 0.335 e. The molecular weight excluding hydrogens is 200 g/mol. The molecule has 5 nitrogen and oxygen atoms in total. The summed E-state index contributed by atoms with van der Waals surface area (Å²) in [6, 6.07) is 0. The van der Waals surface area contributed by atoms with Gasteiger partial charge in [0, 0.05) is 12.8 Å². The molecule has 0 aromatic carbocycles. The number of rotatable bonds is 2. The van der Waals surface area contributed by atoms with Crippen LogP contribution in [0.4, 0.5) is 0 Å². The molecule has 0 aromatic rings. The average Bonchev–Trinajstić information content (AvgIpc) is 2.29. The molecule has 1 saturated heterocycles. The van der Waals surface area contributed by atoms with Crippen molar-refractivity contribution < 1.29 is 24.2 Å². The number of carboxylic acids is 1. The van der Waals surface area contributed by atoms with E-state index in [1.807, 2.05) is 0 Å². The van der Waals surface area contributed by atoms with Gasteiger partial charge in [0.2, 0.25) is 0 Å². The highest BCUT2D eigenvalue weighted by Gasteiger charge is 2.29. The number of carboxylic acid groups (broad SMARTS) is 1. The number of esters is 1. The van der Waals surface area contributed by atoms with Gasteiger partial charge in [-0.1, -0.05) is 6.08 Å². The van der Waals surface area contributed by atoms with Crippen LogP contribution in [0.3, 0.4) is 0 Å². The minimum Gasteiger partial charge on any atom is -0.478 e. The first-order chi connectivity index (χ1) is 7.04. The number of hydrogen-bond donors (Lipinski definition) is 1. The van der Waals surface area contributed by atoms with E-state index in [2.05, 4.69) is 0 Å². The molecule has 0 amide bonds. The molecule has 0 radical (unpaired) electrons. The van der Waals surface area contributed by atoms with Crippen LogP contribution in [0.15, 0.2) is 11.6 Å². The van der Waals surface area contributed by atoms with Gasteiger partial charge in [-0.2, -0.15) is 0 Å². The van der Waals surface area contributed by atoms with Crippen molar-refractivity contribution in [1.29, 1.82) is 0 Å². The van der Waals surface area contributed by atoms with Gasteiger partial charge in [0.1, 0.15) is 11.9 Å². The second-order valence-electron chi connectivity index (χ2n) is 3.27. The molecule has 82 valence electrons. The minimum absolute atomic E-state index is 0.0337. The third kappa shape index (κ3) is 2.90. The van der Waals surface area contributed by atoms with Gasteiger partial charge in [0.25, 0.3) is 0 Å². The van der Waals surface area contributed by atoms with Crippen LogP contribution in [0.25, 0.3) is 0 Å². The lowest BCUT2D eigenvalue weighted by Crippen LogP contribution is -2.24. The molecule has 1 atom stereocenters. The van der Waals surface area contributed by atoms with Crippen molar-refractivity contribution in [1.82, 2.24) is 0 Å².